The van der Waals surface area contributed by atoms with E-state index in [2.05, 4.69) is 27.3 Å². The van der Waals surface area contributed by atoms with Gasteiger partial charge in [-0.3, -0.25) is 9.48 Å². The Kier molecular flexibility index (Phi) is 9.10. The Morgan fingerprint density at radius 3 is 2.62 bits per heavy atom. The number of allylic oxidation sites excluding steroid dienone is 1. The van der Waals surface area contributed by atoms with Crippen LogP contribution in [0.5, 0.6) is 11.5 Å². The van der Waals surface area contributed by atoms with Gasteiger partial charge in [-0.25, -0.2) is 15.0 Å². The maximum absolute atomic E-state index is 12.1. The smallest absolute Gasteiger partial charge is 0.223 e. The summed E-state index contributed by atoms with van der Waals surface area (Å²) in [5, 5.41) is 12.3. The summed E-state index contributed by atoms with van der Waals surface area (Å²) < 4.78 is 18.3. The molecule has 1 aliphatic heterocycles. The largest absolute Gasteiger partial charge is 0.495 e. The molecule has 0 saturated carbocycles. The number of methoxy groups -OCH3 is 2. The molecule has 2 atom stereocenters. The summed E-state index contributed by atoms with van der Waals surface area (Å²) in [5.41, 5.74) is 2.48. The number of carbonyl (C=O) groups is 1. The fourth-order valence-corrected chi connectivity index (χ4v) is 5.61. The van der Waals surface area contributed by atoms with E-state index < -0.39 is 0 Å². The molecular formula is C29H31Cl2N7O4. The molecule has 42 heavy (non-hydrogen) atoms. The van der Waals surface area contributed by atoms with E-state index in [9.17, 15) is 4.79 Å². The maximum atomic E-state index is 12.1. The first-order valence-corrected chi connectivity index (χ1v) is 14.1. The van der Waals surface area contributed by atoms with Crippen LogP contribution in [-0.4, -0.2) is 64.0 Å². The van der Waals surface area contributed by atoms with Crippen LogP contribution in [0.4, 0.5) is 11.8 Å². The Morgan fingerprint density at radius 1 is 1.19 bits per heavy atom. The van der Waals surface area contributed by atoms with Crippen LogP contribution >= 0.6 is 23.2 Å². The maximum Gasteiger partial charge on any atom is 0.223 e. The average molecular weight is 613 g/mol. The third kappa shape index (κ3) is 6.28. The van der Waals surface area contributed by atoms with Crippen molar-refractivity contribution in [2.75, 3.05) is 38.1 Å². The van der Waals surface area contributed by atoms with E-state index in [1.807, 2.05) is 19.3 Å². The van der Waals surface area contributed by atoms with Crippen LogP contribution in [0.3, 0.4) is 0 Å². The topological polar surface area (TPSA) is 125 Å². The molecule has 0 spiro atoms. The number of ether oxygens (including phenoxy) is 3. The van der Waals surface area contributed by atoms with Gasteiger partial charge in [0.1, 0.15) is 17.0 Å². The minimum atomic E-state index is -0.138. The number of nitrogens with zero attached hydrogens (tertiary/aromatic N) is 5. The molecule has 11 nitrogen and oxygen atoms in total. The molecule has 2 N–H and O–H groups in total. The normalized spacial score (nSPS) is 16.7. The summed E-state index contributed by atoms with van der Waals surface area (Å²) in [4.78, 5) is 26.4. The quantitative estimate of drug-likeness (QED) is 0.215. The number of ketones is 1. The van der Waals surface area contributed by atoms with Crippen molar-refractivity contribution >= 4 is 51.7 Å². The molecule has 1 aromatic carbocycles. The lowest BCUT2D eigenvalue weighted by atomic mass is 9.90. The van der Waals surface area contributed by atoms with Gasteiger partial charge < -0.3 is 24.8 Å². The van der Waals surface area contributed by atoms with Crippen molar-refractivity contribution in [1.29, 1.82) is 0 Å². The van der Waals surface area contributed by atoms with Crippen molar-refractivity contribution < 1.29 is 19.0 Å². The number of pyridine rings is 1. The molecule has 0 bridgehead atoms. The van der Waals surface area contributed by atoms with Gasteiger partial charge in [0.2, 0.25) is 5.95 Å². The standard InChI is InChI=1S/C29H31Cl2N7O4/c1-5-19(39)8-17-6-7-42-15-21(17)36-29-33-13-18-9-20(24-25(30)22(40-3)10-23(41-4)26(24)31)35-28(27(18)37-29)32-11-16-12-34-38(2)14-16/h5,9-10,12-14,17,21H,1,6-8,11,15H2,2-4H3,(H,32,35)(H,33,36,37)/t17-,21-/m1/s1. The number of rotatable bonds is 11. The second kappa shape index (κ2) is 12.9. The number of nitrogens with one attached hydrogen (secondary N) is 2. The van der Waals surface area contributed by atoms with Gasteiger partial charge in [-0.1, -0.05) is 29.8 Å². The van der Waals surface area contributed by atoms with E-state index in [1.54, 1.807) is 23.1 Å². The molecule has 1 fully saturated rings. The highest BCUT2D eigenvalue weighted by atomic mass is 35.5. The number of hydrogen-bond donors (Lipinski definition) is 2. The lowest BCUT2D eigenvalue weighted by Crippen LogP contribution is -2.40. The van der Waals surface area contributed by atoms with E-state index in [4.69, 9.17) is 47.4 Å². The predicted octanol–water partition coefficient (Wildman–Crippen LogP) is 5.32. The van der Waals surface area contributed by atoms with Crippen molar-refractivity contribution in [2.24, 2.45) is 13.0 Å². The van der Waals surface area contributed by atoms with Gasteiger partial charge >= 0.3 is 0 Å². The van der Waals surface area contributed by atoms with Crippen LogP contribution in [0.1, 0.15) is 18.4 Å². The molecule has 0 amide bonds. The number of hydrogen-bond acceptors (Lipinski definition) is 10. The zero-order chi connectivity index (χ0) is 29.8. The minimum Gasteiger partial charge on any atom is -0.495 e. The number of aryl methyl sites for hydroxylation is 1. The van der Waals surface area contributed by atoms with Gasteiger partial charge in [-0.15, -0.1) is 0 Å². The van der Waals surface area contributed by atoms with Crippen molar-refractivity contribution in [3.8, 4) is 22.8 Å². The first kappa shape index (κ1) is 29.6. The molecule has 13 heteroatoms. The van der Waals surface area contributed by atoms with E-state index in [0.717, 1.165) is 12.0 Å². The highest BCUT2D eigenvalue weighted by molar-refractivity contribution is 6.41. The Hall–Kier alpha value is -3.93. The molecule has 0 unspecified atom stereocenters. The van der Waals surface area contributed by atoms with Crippen LogP contribution in [-0.2, 0) is 23.1 Å². The third-order valence-electron chi connectivity index (χ3n) is 7.12. The summed E-state index contributed by atoms with van der Waals surface area (Å²) in [6.45, 7) is 5.08. The first-order valence-electron chi connectivity index (χ1n) is 13.3. The molecule has 1 aliphatic rings. The second-order valence-electron chi connectivity index (χ2n) is 9.90. The highest BCUT2D eigenvalue weighted by Crippen LogP contribution is 2.46. The number of anilines is 2. The molecule has 0 radical (unpaired) electrons. The molecule has 4 aromatic rings. The van der Waals surface area contributed by atoms with Gasteiger partial charge in [0.15, 0.2) is 11.6 Å². The SMILES string of the molecule is C=CC(=O)C[C@H]1CCOC[C@H]1Nc1ncc2cc(-c3c(Cl)c(OC)cc(OC)c3Cl)nc(NCc3cnn(C)c3)c2n1. The summed E-state index contributed by atoms with van der Waals surface area (Å²) in [6.07, 6.45) is 7.88. The second-order valence-corrected chi connectivity index (χ2v) is 10.7. The Labute approximate surface area is 253 Å². The van der Waals surface area contributed by atoms with Crippen LogP contribution in [0.25, 0.3) is 22.2 Å². The van der Waals surface area contributed by atoms with E-state index in [-0.39, 0.29) is 17.7 Å². The third-order valence-corrected chi connectivity index (χ3v) is 7.87. The predicted molar refractivity (Wildman–Crippen MR) is 163 cm³/mol. The van der Waals surface area contributed by atoms with E-state index >= 15 is 0 Å². The zero-order valence-corrected chi connectivity index (χ0v) is 25.0. The molecule has 0 aliphatic carbocycles. The number of halogens is 2. The van der Waals surface area contributed by atoms with Crippen LogP contribution < -0.4 is 20.1 Å². The summed E-state index contributed by atoms with van der Waals surface area (Å²) >= 11 is 13.5. The lowest BCUT2D eigenvalue weighted by molar-refractivity contribution is -0.116. The van der Waals surface area contributed by atoms with E-state index in [1.165, 1.54) is 20.3 Å². The van der Waals surface area contributed by atoms with Crippen molar-refractivity contribution in [3.63, 3.8) is 0 Å². The number of fused-ring (bicyclic) bond motifs is 1. The lowest BCUT2D eigenvalue weighted by Gasteiger charge is -2.31. The fraction of sp³-hybridized carbons (Fsp3) is 0.345. The van der Waals surface area contributed by atoms with Crippen LogP contribution in [0.2, 0.25) is 10.0 Å². The molecule has 220 valence electrons. The Morgan fingerprint density at radius 2 is 1.95 bits per heavy atom. The number of aromatic nitrogens is 5. The number of benzene rings is 1. The molecule has 3 aromatic heterocycles. The monoisotopic (exact) mass is 611 g/mol. The Balaban J connectivity index is 1.57. The van der Waals surface area contributed by atoms with Crippen molar-refractivity contribution in [3.05, 3.63) is 59.0 Å². The van der Waals surface area contributed by atoms with E-state index in [0.29, 0.717) is 81.7 Å². The highest BCUT2D eigenvalue weighted by Gasteiger charge is 2.28. The van der Waals surface area contributed by atoms with Crippen molar-refractivity contribution in [1.82, 2.24) is 24.7 Å². The van der Waals surface area contributed by atoms with Gasteiger partial charge in [-0.05, 0) is 24.5 Å². The number of carbonyl (C=O) groups excluding carboxylic acids is 1. The zero-order valence-electron chi connectivity index (χ0n) is 23.5. The fourth-order valence-electron chi connectivity index (χ4n) is 4.91. The molecular weight excluding hydrogens is 581 g/mol. The molecule has 4 heterocycles. The van der Waals surface area contributed by atoms with Crippen molar-refractivity contribution in [2.45, 2.75) is 25.4 Å². The van der Waals surface area contributed by atoms with Gasteiger partial charge in [0, 0.05) is 61.6 Å². The first-order chi connectivity index (χ1) is 20.3. The van der Waals surface area contributed by atoms with Gasteiger partial charge in [0.25, 0.3) is 0 Å². The van der Waals surface area contributed by atoms with Crippen LogP contribution in [0.15, 0.2) is 43.4 Å². The van der Waals surface area contributed by atoms with Crippen LogP contribution in [0, 0.1) is 5.92 Å². The average Bonchev–Trinajstić information content (AvgIpc) is 3.42. The van der Waals surface area contributed by atoms with Gasteiger partial charge in [0.05, 0.1) is 48.8 Å². The summed E-state index contributed by atoms with van der Waals surface area (Å²) in [5.74, 6) is 1.75. The summed E-state index contributed by atoms with van der Waals surface area (Å²) in [6, 6.07) is 3.30. The van der Waals surface area contributed by atoms with Gasteiger partial charge in [-0.2, -0.15) is 5.10 Å². The minimum absolute atomic E-state index is 0.00163. The molecule has 5 rings (SSSR count). The summed E-state index contributed by atoms with van der Waals surface area (Å²) in [7, 11) is 4.89. The molecule has 1 saturated heterocycles. The Bertz CT molecular complexity index is 1600.